The van der Waals surface area contributed by atoms with Crippen LogP contribution in [0.5, 0.6) is 5.75 Å². The Kier molecular flexibility index (Phi) is 5.63. The summed E-state index contributed by atoms with van der Waals surface area (Å²) in [6.07, 6.45) is 0. The van der Waals surface area contributed by atoms with Gasteiger partial charge < -0.3 is 15.2 Å². The Bertz CT molecular complexity index is 446. The summed E-state index contributed by atoms with van der Waals surface area (Å²) in [7, 11) is 0. The maximum absolute atomic E-state index is 11.6. The second-order valence-electron chi connectivity index (χ2n) is 5.30. The van der Waals surface area contributed by atoms with Crippen molar-refractivity contribution in [3.8, 4) is 5.75 Å². The Balaban J connectivity index is 2.42. The number of carbonyl (C=O) groups excluding carboxylic acids is 1. The van der Waals surface area contributed by atoms with Crippen LogP contribution in [-0.4, -0.2) is 30.8 Å². The van der Waals surface area contributed by atoms with Gasteiger partial charge in [0, 0.05) is 23.6 Å². The van der Waals surface area contributed by atoms with Crippen LogP contribution in [0.15, 0.2) is 18.2 Å². The average molecular weight is 286 g/mol. The van der Waals surface area contributed by atoms with Crippen LogP contribution in [0, 0.1) is 12.3 Å². The zero-order chi connectivity index (χ0) is 14.5. The number of hydrogen-bond donors (Lipinski definition) is 2. The topological polar surface area (TPSA) is 58.6 Å². The van der Waals surface area contributed by atoms with Gasteiger partial charge in [-0.25, -0.2) is 0 Å². The van der Waals surface area contributed by atoms with Gasteiger partial charge in [0.25, 0.3) is 5.91 Å². The third kappa shape index (κ3) is 5.49. The van der Waals surface area contributed by atoms with Crippen molar-refractivity contribution in [2.24, 2.45) is 5.41 Å². The number of nitrogens with one attached hydrogen (secondary N) is 1. The minimum Gasteiger partial charge on any atom is -0.484 e. The highest BCUT2D eigenvalue weighted by atomic mass is 35.5. The van der Waals surface area contributed by atoms with E-state index in [4.69, 9.17) is 21.4 Å². The summed E-state index contributed by atoms with van der Waals surface area (Å²) >= 11 is 5.84. The quantitative estimate of drug-likeness (QED) is 0.842. The molecule has 106 valence electrons. The van der Waals surface area contributed by atoms with Crippen LogP contribution in [0.3, 0.4) is 0 Å². The Hall–Kier alpha value is -1.26. The molecule has 0 heterocycles. The molecule has 0 radical (unpaired) electrons. The SMILES string of the molecule is Cc1cc(Cl)ccc1OCC(=O)NCC(C)(C)CO. The van der Waals surface area contributed by atoms with E-state index >= 15 is 0 Å². The minimum absolute atomic E-state index is 0.0183. The van der Waals surface area contributed by atoms with Gasteiger partial charge in [0.1, 0.15) is 5.75 Å². The molecule has 0 aliphatic rings. The van der Waals surface area contributed by atoms with Gasteiger partial charge in [0.2, 0.25) is 0 Å². The molecule has 0 aromatic heterocycles. The lowest BCUT2D eigenvalue weighted by Crippen LogP contribution is -2.38. The molecule has 0 unspecified atom stereocenters. The Labute approximate surface area is 118 Å². The molecular weight excluding hydrogens is 266 g/mol. The van der Waals surface area contributed by atoms with Crippen LogP contribution in [0.2, 0.25) is 5.02 Å². The van der Waals surface area contributed by atoms with Gasteiger partial charge >= 0.3 is 0 Å². The standard InChI is InChI=1S/C14H20ClNO3/c1-10-6-11(15)4-5-12(10)19-7-13(18)16-8-14(2,3)9-17/h4-6,17H,7-9H2,1-3H3,(H,16,18). The van der Waals surface area contributed by atoms with E-state index in [-0.39, 0.29) is 24.5 Å². The monoisotopic (exact) mass is 285 g/mol. The van der Waals surface area contributed by atoms with E-state index in [1.165, 1.54) is 0 Å². The second-order valence-corrected chi connectivity index (χ2v) is 5.73. The second kappa shape index (κ2) is 6.78. The lowest BCUT2D eigenvalue weighted by molar-refractivity contribution is -0.123. The van der Waals surface area contributed by atoms with Gasteiger partial charge in [-0.15, -0.1) is 0 Å². The van der Waals surface area contributed by atoms with Crippen molar-refractivity contribution >= 4 is 17.5 Å². The molecule has 19 heavy (non-hydrogen) atoms. The molecule has 5 heteroatoms. The first-order chi connectivity index (χ1) is 8.84. The Morgan fingerprint density at radius 1 is 1.47 bits per heavy atom. The predicted octanol–water partition coefficient (Wildman–Crippen LogP) is 2.16. The Morgan fingerprint density at radius 2 is 2.16 bits per heavy atom. The number of hydrogen-bond acceptors (Lipinski definition) is 3. The fourth-order valence-corrected chi connectivity index (χ4v) is 1.59. The molecule has 0 atom stereocenters. The summed E-state index contributed by atoms with van der Waals surface area (Å²) < 4.78 is 5.42. The zero-order valence-electron chi connectivity index (χ0n) is 11.5. The Morgan fingerprint density at radius 3 is 2.74 bits per heavy atom. The number of benzene rings is 1. The summed E-state index contributed by atoms with van der Waals surface area (Å²) in [5.41, 5.74) is 0.558. The van der Waals surface area contributed by atoms with E-state index in [1.54, 1.807) is 18.2 Å². The van der Waals surface area contributed by atoms with E-state index in [9.17, 15) is 4.79 Å². The molecule has 0 fully saturated rings. The van der Waals surface area contributed by atoms with Gasteiger partial charge in [0.15, 0.2) is 6.61 Å². The fourth-order valence-electron chi connectivity index (χ4n) is 1.36. The van der Waals surface area contributed by atoms with Crippen molar-refractivity contribution in [3.05, 3.63) is 28.8 Å². The van der Waals surface area contributed by atoms with Crippen molar-refractivity contribution in [2.75, 3.05) is 19.8 Å². The number of aliphatic hydroxyl groups is 1. The first-order valence-corrected chi connectivity index (χ1v) is 6.48. The van der Waals surface area contributed by atoms with Gasteiger partial charge in [-0.3, -0.25) is 4.79 Å². The summed E-state index contributed by atoms with van der Waals surface area (Å²) in [5, 5.41) is 12.4. The summed E-state index contributed by atoms with van der Waals surface area (Å²) in [4.78, 5) is 11.6. The molecule has 1 aromatic carbocycles. The largest absolute Gasteiger partial charge is 0.484 e. The van der Waals surface area contributed by atoms with Crippen LogP contribution in [0.1, 0.15) is 19.4 Å². The number of carbonyl (C=O) groups is 1. The highest BCUT2D eigenvalue weighted by molar-refractivity contribution is 6.30. The van der Waals surface area contributed by atoms with Crippen molar-refractivity contribution in [1.29, 1.82) is 0 Å². The first kappa shape index (κ1) is 15.8. The third-order valence-electron chi connectivity index (χ3n) is 2.69. The van der Waals surface area contributed by atoms with E-state index in [0.717, 1.165) is 5.56 Å². The number of halogens is 1. The lowest BCUT2D eigenvalue weighted by atomic mass is 9.95. The average Bonchev–Trinajstić information content (AvgIpc) is 2.35. The molecular formula is C14H20ClNO3. The summed E-state index contributed by atoms with van der Waals surface area (Å²) in [6.45, 7) is 5.99. The summed E-state index contributed by atoms with van der Waals surface area (Å²) in [6, 6.07) is 5.24. The zero-order valence-corrected chi connectivity index (χ0v) is 12.3. The van der Waals surface area contributed by atoms with Crippen LogP contribution in [-0.2, 0) is 4.79 Å². The molecule has 4 nitrogen and oxygen atoms in total. The molecule has 2 N–H and O–H groups in total. The highest BCUT2D eigenvalue weighted by Crippen LogP contribution is 2.21. The van der Waals surface area contributed by atoms with Crippen LogP contribution >= 0.6 is 11.6 Å². The highest BCUT2D eigenvalue weighted by Gasteiger charge is 2.17. The molecule has 0 saturated carbocycles. The molecule has 1 amide bonds. The molecule has 1 aromatic rings. The van der Waals surface area contributed by atoms with Crippen LogP contribution < -0.4 is 10.1 Å². The third-order valence-corrected chi connectivity index (χ3v) is 2.92. The number of ether oxygens (including phenoxy) is 1. The van der Waals surface area contributed by atoms with Crippen molar-refractivity contribution in [2.45, 2.75) is 20.8 Å². The molecule has 0 bridgehead atoms. The number of amides is 1. The number of aryl methyl sites for hydroxylation is 1. The maximum Gasteiger partial charge on any atom is 0.257 e. The smallest absolute Gasteiger partial charge is 0.257 e. The fraction of sp³-hybridized carbons (Fsp3) is 0.500. The van der Waals surface area contributed by atoms with E-state index < -0.39 is 0 Å². The van der Waals surface area contributed by atoms with Crippen molar-refractivity contribution in [1.82, 2.24) is 5.32 Å². The normalized spacial score (nSPS) is 11.2. The van der Waals surface area contributed by atoms with Gasteiger partial charge in [0.05, 0.1) is 0 Å². The van der Waals surface area contributed by atoms with Crippen LogP contribution in [0.25, 0.3) is 0 Å². The van der Waals surface area contributed by atoms with E-state index in [1.807, 2.05) is 20.8 Å². The number of rotatable bonds is 6. The molecule has 0 aliphatic carbocycles. The van der Waals surface area contributed by atoms with E-state index in [2.05, 4.69) is 5.32 Å². The lowest BCUT2D eigenvalue weighted by Gasteiger charge is -2.21. The first-order valence-electron chi connectivity index (χ1n) is 6.10. The van der Waals surface area contributed by atoms with E-state index in [0.29, 0.717) is 17.3 Å². The van der Waals surface area contributed by atoms with Crippen LogP contribution in [0.4, 0.5) is 0 Å². The summed E-state index contributed by atoms with van der Waals surface area (Å²) in [5.74, 6) is 0.428. The molecule has 0 spiro atoms. The maximum atomic E-state index is 11.6. The van der Waals surface area contributed by atoms with Crippen molar-refractivity contribution in [3.63, 3.8) is 0 Å². The minimum atomic E-state index is -0.328. The van der Waals surface area contributed by atoms with Gasteiger partial charge in [-0.1, -0.05) is 25.4 Å². The predicted molar refractivity (Wildman–Crippen MR) is 75.6 cm³/mol. The number of aliphatic hydroxyl groups excluding tert-OH is 1. The molecule has 0 aliphatic heterocycles. The molecule has 1 rings (SSSR count). The van der Waals surface area contributed by atoms with Gasteiger partial charge in [-0.2, -0.15) is 0 Å². The van der Waals surface area contributed by atoms with Gasteiger partial charge in [-0.05, 0) is 30.7 Å². The van der Waals surface area contributed by atoms with Crippen molar-refractivity contribution < 1.29 is 14.6 Å². The molecule has 0 saturated heterocycles.